The summed E-state index contributed by atoms with van der Waals surface area (Å²) in [4.78, 5) is 31.4. The fraction of sp³-hybridized carbons (Fsp3) is 0.556. The van der Waals surface area contributed by atoms with Crippen molar-refractivity contribution in [1.29, 1.82) is 0 Å². The third-order valence-corrected chi connectivity index (χ3v) is 15.6. The molecule has 4 saturated heterocycles. The van der Waals surface area contributed by atoms with E-state index in [-0.39, 0.29) is 61.7 Å². The quantitative estimate of drug-likeness (QED) is 0.0924. The van der Waals surface area contributed by atoms with Gasteiger partial charge in [0.25, 0.3) is 0 Å². The molecule has 6 N–H and O–H groups in total. The van der Waals surface area contributed by atoms with Crippen molar-refractivity contribution in [3.8, 4) is 0 Å². The Morgan fingerprint density at radius 2 is 1.08 bits per heavy atom. The molecule has 4 aromatic carbocycles. The van der Waals surface area contributed by atoms with E-state index in [0.29, 0.717) is 34.7 Å². The fourth-order valence-corrected chi connectivity index (χ4v) is 10.5. The number of nitrogens with zero attached hydrogens (tertiary/aromatic N) is 3. The second kappa shape index (κ2) is 67.4. The number of benzene rings is 4. The number of rotatable bonds is 12. The zero-order valence-corrected chi connectivity index (χ0v) is 79.6. The van der Waals surface area contributed by atoms with Crippen LogP contribution in [0.4, 0.5) is 9.59 Å². The number of likely N-dealkylation sites (N-methyl/N-ethyl adjacent to an activating group) is 2. The van der Waals surface area contributed by atoms with Crippen molar-refractivity contribution < 1.29 is 86.5 Å². The third kappa shape index (κ3) is 51.1. The van der Waals surface area contributed by atoms with Crippen LogP contribution in [0.5, 0.6) is 0 Å². The molecule has 0 bridgehead atoms. The summed E-state index contributed by atoms with van der Waals surface area (Å²) in [5, 5.41) is 11.6. The van der Waals surface area contributed by atoms with Crippen LogP contribution in [0.3, 0.4) is 0 Å². The molecule has 4 aromatic rings. The number of hydrogen-bond donors (Lipinski definition) is 5. The van der Waals surface area contributed by atoms with Gasteiger partial charge < -0.3 is 59.9 Å². The summed E-state index contributed by atoms with van der Waals surface area (Å²) in [6.07, 6.45) is 6.58. The number of nitrogens with two attached hydrogens (primary N) is 1. The summed E-state index contributed by atoms with van der Waals surface area (Å²) < 4.78 is 14.3. The van der Waals surface area contributed by atoms with Gasteiger partial charge in [0.1, 0.15) is 19.1 Å². The van der Waals surface area contributed by atoms with Gasteiger partial charge in [-0.25, -0.2) is 9.59 Å². The zero-order valence-electron chi connectivity index (χ0n) is 53.0. The van der Waals surface area contributed by atoms with Gasteiger partial charge in [-0.1, -0.05) is 155 Å². The molecule has 5 heterocycles. The first-order valence-corrected chi connectivity index (χ1v) is 70.7. The van der Waals surface area contributed by atoms with Crippen molar-refractivity contribution in [2.24, 2.45) is 17.8 Å². The maximum absolute atomic E-state index is 11.3. The summed E-state index contributed by atoms with van der Waals surface area (Å²) in [5.41, 5.74) is 7.70. The van der Waals surface area contributed by atoms with Crippen molar-refractivity contribution in [3.63, 3.8) is 0 Å². The van der Waals surface area contributed by atoms with Crippen molar-refractivity contribution in [2.45, 2.75) is 118 Å². The molecular weight excluding hydrogens is 2430 g/mol. The predicted octanol–water partition coefficient (Wildman–Crippen LogP) is 7.40. The monoisotopic (exact) mass is 2530 g/mol. The number of carbonyl (C=O) groups is 2. The number of hydrogen-bond acceptors (Lipinski definition) is 9. The summed E-state index contributed by atoms with van der Waals surface area (Å²) in [7, 11) is 7.71. The number of quaternary nitrogens is 2. The van der Waals surface area contributed by atoms with Crippen LogP contribution in [-0.2, 0) is 54.8 Å². The van der Waals surface area contributed by atoms with E-state index < -0.39 is 6.09 Å². The van der Waals surface area contributed by atoms with E-state index >= 15 is 0 Å². The van der Waals surface area contributed by atoms with E-state index in [1.807, 2.05) is 24.3 Å². The number of nitrogens with one attached hydrogen (secondary N) is 4. The fourth-order valence-electron chi connectivity index (χ4n) is 10.5. The molecule has 525 valence electrons. The Morgan fingerprint density at radius 3 is 1.46 bits per heavy atom. The van der Waals surface area contributed by atoms with Crippen molar-refractivity contribution >= 4 is 199 Å². The molecule has 91 heavy (non-hydrogen) atoms. The van der Waals surface area contributed by atoms with E-state index in [1.165, 1.54) is 100 Å². The van der Waals surface area contributed by atoms with Gasteiger partial charge in [0.2, 0.25) is 0 Å². The number of likely N-dealkylation sites (tertiary alicyclic amines) is 3. The number of piperidine rings is 3. The van der Waals surface area contributed by atoms with Crippen molar-refractivity contribution in [1.82, 2.24) is 30.7 Å². The molecule has 0 spiro atoms. The second-order valence-electron chi connectivity index (χ2n) is 21.7. The molecule has 0 radical (unpaired) electrons. The number of halogens is 13. The van der Waals surface area contributed by atoms with Crippen molar-refractivity contribution in [3.05, 3.63) is 155 Å². The summed E-state index contributed by atoms with van der Waals surface area (Å²) in [6.45, 7) is 23.9. The predicted molar refractivity (Wildman–Crippen MR) is 444 cm³/mol. The van der Waals surface area contributed by atoms with Crippen LogP contribution >= 0.6 is 187 Å². The average Bonchev–Trinajstić information content (AvgIpc) is 3.88. The van der Waals surface area contributed by atoms with E-state index in [2.05, 4.69) is 359 Å². The number of methoxy groups -OCH3 is 2. The molecule has 0 saturated carbocycles. The molecule has 4 fully saturated rings. The van der Waals surface area contributed by atoms with Gasteiger partial charge >= 0.3 is 177 Å². The molecule has 5 aliphatic heterocycles. The van der Waals surface area contributed by atoms with Gasteiger partial charge in [-0.05, 0) is 87.7 Å². The Balaban J connectivity index is -0.000000504. The Bertz CT molecular complexity index is 2270. The molecule has 13 nitrogen and oxygen atoms in total. The van der Waals surface area contributed by atoms with Crippen LogP contribution in [0.2, 0.25) is 0 Å². The molecule has 5 aliphatic rings. The standard InChI is InChI=1S/C15H22N2O2.C15H20N2O2.2C14H22N2.C4H8O.CH4.3ClH.I3.I2.5HI.2V/c2*1-12-8-9-17(10-13-6-4-3-5-7-13)11-14(12)16-15(18)19-2;2*1-12-8-9-16(11-14(12)15-2)10-13-6-4-3-5-7-13;1-2-4-5-3-1;;;;;1-3-2;1-2;;;;;;;/h3-7,12,14H,8-11H2,1-2H3,(H,16,18);3-7H,8-11H2,1-2H3,(H,16,18);2*3-7,12,14-15H,8-11H2,1-2H3;1-4H2;1H4;3*1H;;;5*1H;;/q;;;;;;;;;-1;;;;;;;+2;+3/p-5/t12-,14+;;12-,14?;12-,14+;;;;;;;;;;;;;;/m1.11............../s1. The molecule has 2 amide bonds. The molecule has 28 heteroatoms. The minimum atomic E-state index is -0.393. The van der Waals surface area contributed by atoms with Crippen LogP contribution in [-0.4, -0.2) is 139 Å². The Morgan fingerprint density at radius 1 is 0.681 bits per heavy atom. The molecular formula is C63H101Cl3I10N8O5V2-. The number of carbonyl (C=O) groups excluding carboxylic acids is 2. The molecule has 0 aliphatic carbocycles. The first-order valence-electron chi connectivity index (χ1n) is 29.3. The summed E-state index contributed by atoms with van der Waals surface area (Å²) in [6, 6.07) is 44.1. The van der Waals surface area contributed by atoms with Crippen LogP contribution in [0, 0.1) is 17.8 Å². The van der Waals surface area contributed by atoms with Crippen LogP contribution in [0.1, 0.15) is 95.9 Å². The zero-order chi connectivity index (χ0) is 64.6. The summed E-state index contributed by atoms with van der Waals surface area (Å²) in [5.74, 6) is 2.17. The van der Waals surface area contributed by atoms with Gasteiger partial charge in [-0.15, -0.1) is 12.4 Å². The summed E-state index contributed by atoms with van der Waals surface area (Å²) >= 11 is 21.7. The van der Waals surface area contributed by atoms with Crippen molar-refractivity contribution in [2.75, 3.05) is 93.9 Å². The maximum atomic E-state index is 11.3. The first kappa shape index (κ1) is 102. The normalized spacial score (nSPS) is 20.6. The van der Waals surface area contributed by atoms with Gasteiger partial charge in [-0.2, -0.15) is 0 Å². The first-order chi connectivity index (χ1) is 42.0. The molecule has 9 rings (SSSR count). The minimum absolute atomic E-state index is 0. The Kier molecular flexibility index (Phi) is 75.2. The van der Waals surface area contributed by atoms with E-state index in [1.54, 1.807) is 4.90 Å². The van der Waals surface area contributed by atoms with Crippen LogP contribution in [0.25, 0.3) is 0 Å². The van der Waals surface area contributed by atoms with Gasteiger partial charge in [0.05, 0.1) is 27.8 Å². The average molecular weight is 2530 g/mol. The molecule has 0 aromatic heterocycles. The van der Waals surface area contributed by atoms with Gasteiger partial charge in [0, 0.05) is 132 Å². The van der Waals surface area contributed by atoms with Crippen LogP contribution in [0.15, 0.2) is 133 Å². The number of amides is 2. The number of ether oxygens (including phenoxy) is 3. The van der Waals surface area contributed by atoms with Crippen LogP contribution < -0.4 is 64.2 Å². The number of alkyl carbamates (subject to hydrolysis) is 2. The molecule has 2 unspecified atom stereocenters. The van der Waals surface area contributed by atoms with Gasteiger partial charge in [-0.3, -0.25) is 20.0 Å². The third-order valence-electron chi connectivity index (χ3n) is 15.6. The Hall–Kier alpha value is 4.22. The topological polar surface area (TPSA) is 129 Å². The molecule has 7 atom stereocenters. The second-order valence-corrected chi connectivity index (χ2v) is 85.1. The Labute approximate surface area is 688 Å². The van der Waals surface area contributed by atoms with E-state index in [0.717, 1.165) is 95.4 Å². The van der Waals surface area contributed by atoms with E-state index in [4.69, 9.17) is 4.74 Å². The van der Waals surface area contributed by atoms with E-state index in [9.17, 15) is 9.59 Å². The SMILES string of the molecule is C.C1CCOC1.CN[C@H]1CN(Cc2ccccc2)CC[C@H]1C.COC(=O)NC1=C(C)CCN(Cc2ccccc2)C1.COC(=O)N[C@H]1CN(Cc2ccccc2)CC[C@H]1C.C[NH2+]C1C[NH+](Cc2ccccc2)CC[C@H]1C.Cl.II.I[I-]I.[Cl-].[Cl-].[I][V]([I])[I].[I][V][I]. The van der Waals surface area contributed by atoms with Gasteiger partial charge in [0.15, 0.2) is 0 Å².